The monoisotopic (exact) mass is 285 g/mol. The highest BCUT2D eigenvalue weighted by Gasteiger charge is 2.00. The predicted octanol–water partition coefficient (Wildman–Crippen LogP) is 1.52. The molecule has 2 aromatic rings. The van der Waals surface area contributed by atoms with E-state index in [1.807, 2.05) is 17.1 Å². The lowest BCUT2D eigenvalue weighted by Crippen LogP contribution is -2.02. The Morgan fingerprint density at radius 3 is 2.63 bits per heavy atom. The molecule has 0 aromatic carbocycles. The molecule has 2 N–H and O–H groups in total. The first-order valence-corrected chi connectivity index (χ1v) is 6.20. The highest BCUT2D eigenvalue weighted by Crippen LogP contribution is 2.07. The van der Waals surface area contributed by atoms with Gasteiger partial charge in [0.1, 0.15) is 0 Å². The van der Waals surface area contributed by atoms with Crippen LogP contribution in [0, 0.1) is 0 Å². The molecule has 19 heavy (non-hydrogen) atoms. The van der Waals surface area contributed by atoms with Crippen LogP contribution in [-0.4, -0.2) is 31.3 Å². The van der Waals surface area contributed by atoms with Crippen LogP contribution in [0.1, 0.15) is 18.9 Å². The van der Waals surface area contributed by atoms with Gasteiger partial charge in [-0.1, -0.05) is 6.92 Å². The van der Waals surface area contributed by atoms with Gasteiger partial charge in [0, 0.05) is 31.0 Å². The van der Waals surface area contributed by atoms with E-state index in [1.165, 1.54) is 0 Å². The molecule has 0 saturated carbocycles. The van der Waals surface area contributed by atoms with E-state index in [-0.39, 0.29) is 19.0 Å². The van der Waals surface area contributed by atoms with Crippen molar-refractivity contribution in [2.75, 3.05) is 11.9 Å². The minimum atomic E-state index is 0. The summed E-state index contributed by atoms with van der Waals surface area (Å²) < 4.78 is 3.66. The standard InChI is InChI=1S/C12H19N5O.ClH/c1-2-3-16-9-11(7-14-16)6-13-12-8-15-17(10-12)4-5-18;/h7-10,13,18H,2-6H2,1H3;1H. The van der Waals surface area contributed by atoms with Crippen molar-refractivity contribution in [3.63, 3.8) is 0 Å². The molecule has 0 bridgehead atoms. The fourth-order valence-corrected chi connectivity index (χ4v) is 1.73. The van der Waals surface area contributed by atoms with Crippen molar-refractivity contribution in [1.82, 2.24) is 19.6 Å². The fourth-order valence-electron chi connectivity index (χ4n) is 1.73. The lowest BCUT2D eigenvalue weighted by molar-refractivity contribution is 0.269. The number of aliphatic hydroxyl groups is 1. The molecule has 0 spiro atoms. The van der Waals surface area contributed by atoms with Gasteiger partial charge < -0.3 is 10.4 Å². The number of hydrogen-bond donors (Lipinski definition) is 2. The molecule has 0 aliphatic rings. The van der Waals surface area contributed by atoms with E-state index in [0.29, 0.717) is 6.54 Å². The zero-order chi connectivity index (χ0) is 12.8. The largest absolute Gasteiger partial charge is 0.394 e. The Morgan fingerprint density at radius 2 is 1.89 bits per heavy atom. The van der Waals surface area contributed by atoms with Gasteiger partial charge in [-0.05, 0) is 6.42 Å². The van der Waals surface area contributed by atoms with Gasteiger partial charge in [0.2, 0.25) is 0 Å². The predicted molar refractivity (Wildman–Crippen MR) is 76.4 cm³/mol. The van der Waals surface area contributed by atoms with Gasteiger partial charge >= 0.3 is 0 Å². The topological polar surface area (TPSA) is 67.9 Å². The highest BCUT2D eigenvalue weighted by atomic mass is 35.5. The number of rotatable bonds is 7. The van der Waals surface area contributed by atoms with E-state index < -0.39 is 0 Å². The van der Waals surface area contributed by atoms with E-state index in [1.54, 1.807) is 10.9 Å². The minimum Gasteiger partial charge on any atom is -0.394 e. The summed E-state index contributed by atoms with van der Waals surface area (Å²) in [6, 6.07) is 0. The van der Waals surface area contributed by atoms with Crippen LogP contribution in [0.3, 0.4) is 0 Å². The SMILES string of the molecule is CCCn1cc(CNc2cnn(CCO)c2)cn1.Cl. The Labute approximate surface area is 118 Å². The van der Waals surface area contributed by atoms with Crippen LogP contribution in [0.5, 0.6) is 0 Å². The van der Waals surface area contributed by atoms with Crippen molar-refractivity contribution in [2.45, 2.75) is 33.0 Å². The number of aliphatic hydroxyl groups excluding tert-OH is 1. The fraction of sp³-hybridized carbons (Fsp3) is 0.500. The first-order chi connectivity index (χ1) is 8.81. The minimum absolute atomic E-state index is 0. The van der Waals surface area contributed by atoms with Crippen molar-refractivity contribution in [3.8, 4) is 0 Å². The Bertz CT molecular complexity index is 438. The number of nitrogens with zero attached hydrogens (tertiary/aromatic N) is 4. The molecule has 0 atom stereocenters. The van der Waals surface area contributed by atoms with Crippen molar-refractivity contribution in [2.24, 2.45) is 0 Å². The molecule has 2 heterocycles. The molecule has 2 rings (SSSR count). The first-order valence-electron chi connectivity index (χ1n) is 6.20. The average Bonchev–Trinajstić information content (AvgIpc) is 2.97. The molecule has 0 aliphatic carbocycles. The number of halogens is 1. The van der Waals surface area contributed by atoms with Gasteiger partial charge in [0.15, 0.2) is 0 Å². The van der Waals surface area contributed by atoms with Crippen LogP contribution in [-0.2, 0) is 19.6 Å². The quantitative estimate of drug-likeness (QED) is 0.809. The summed E-state index contributed by atoms with van der Waals surface area (Å²) in [4.78, 5) is 0. The van der Waals surface area contributed by atoms with Crippen LogP contribution in [0.25, 0.3) is 0 Å². The maximum atomic E-state index is 8.80. The van der Waals surface area contributed by atoms with E-state index in [4.69, 9.17) is 5.11 Å². The smallest absolute Gasteiger partial charge is 0.0729 e. The van der Waals surface area contributed by atoms with E-state index >= 15 is 0 Å². The second-order valence-corrected chi connectivity index (χ2v) is 4.18. The van der Waals surface area contributed by atoms with Gasteiger partial charge in [0.25, 0.3) is 0 Å². The highest BCUT2D eigenvalue weighted by molar-refractivity contribution is 5.85. The van der Waals surface area contributed by atoms with Crippen LogP contribution in [0.15, 0.2) is 24.8 Å². The zero-order valence-electron chi connectivity index (χ0n) is 11.0. The zero-order valence-corrected chi connectivity index (χ0v) is 11.8. The van der Waals surface area contributed by atoms with E-state index in [0.717, 1.165) is 30.8 Å². The third kappa shape index (κ3) is 4.57. The van der Waals surface area contributed by atoms with Crippen molar-refractivity contribution >= 4 is 18.1 Å². The van der Waals surface area contributed by atoms with Gasteiger partial charge in [-0.2, -0.15) is 10.2 Å². The molecular formula is C12H20ClN5O. The molecule has 0 amide bonds. The normalized spacial score (nSPS) is 10.2. The van der Waals surface area contributed by atoms with Crippen molar-refractivity contribution < 1.29 is 5.11 Å². The number of aryl methyl sites for hydroxylation is 1. The van der Waals surface area contributed by atoms with Gasteiger partial charge in [0.05, 0.1) is 31.2 Å². The first kappa shape index (κ1) is 15.5. The maximum Gasteiger partial charge on any atom is 0.0729 e. The molecular weight excluding hydrogens is 266 g/mol. The summed E-state index contributed by atoms with van der Waals surface area (Å²) in [5.74, 6) is 0. The van der Waals surface area contributed by atoms with Crippen LogP contribution >= 0.6 is 12.4 Å². The summed E-state index contributed by atoms with van der Waals surface area (Å²) in [5.41, 5.74) is 2.10. The molecule has 0 radical (unpaired) electrons. The molecule has 106 valence electrons. The molecule has 7 heteroatoms. The second kappa shape index (κ2) is 7.81. The lowest BCUT2D eigenvalue weighted by atomic mass is 10.3. The van der Waals surface area contributed by atoms with E-state index in [9.17, 15) is 0 Å². The van der Waals surface area contributed by atoms with Crippen LogP contribution < -0.4 is 5.32 Å². The average molecular weight is 286 g/mol. The number of anilines is 1. The second-order valence-electron chi connectivity index (χ2n) is 4.18. The maximum absolute atomic E-state index is 8.80. The number of nitrogens with one attached hydrogen (secondary N) is 1. The summed E-state index contributed by atoms with van der Waals surface area (Å²) in [5, 5.41) is 20.5. The Hall–Kier alpha value is -1.53. The summed E-state index contributed by atoms with van der Waals surface area (Å²) in [6.07, 6.45) is 8.65. The van der Waals surface area contributed by atoms with Gasteiger partial charge in [-0.3, -0.25) is 9.36 Å². The Balaban J connectivity index is 0.00000180. The summed E-state index contributed by atoms with van der Waals surface area (Å²) >= 11 is 0. The number of hydrogen-bond acceptors (Lipinski definition) is 4. The molecule has 0 fully saturated rings. The summed E-state index contributed by atoms with van der Waals surface area (Å²) in [6.45, 7) is 4.44. The third-order valence-electron chi connectivity index (χ3n) is 2.60. The molecule has 0 unspecified atom stereocenters. The molecule has 6 nitrogen and oxygen atoms in total. The van der Waals surface area contributed by atoms with Gasteiger partial charge in [-0.15, -0.1) is 12.4 Å². The Kier molecular flexibility index (Phi) is 6.38. The molecule has 0 aliphatic heterocycles. The lowest BCUT2D eigenvalue weighted by Gasteiger charge is -2.00. The van der Waals surface area contributed by atoms with Gasteiger partial charge in [-0.25, -0.2) is 0 Å². The number of aromatic nitrogens is 4. The van der Waals surface area contributed by atoms with E-state index in [2.05, 4.69) is 28.6 Å². The third-order valence-corrected chi connectivity index (χ3v) is 2.60. The van der Waals surface area contributed by atoms with Crippen molar-refractivity contribution in [3.05, 3.63) is 30.4 Å². The Morgan fingerprint density at radius 1 is 1.16 bits per heavy atom. The van der Waals surface area contributed by atoms with Crippen LogP contribution in [0.4, 0.5) is 5.69 Å². The summed E-state index contributed by atoms with van der Waals surface area (Å²) in [7, 11) is 0. The van der Waals surface area contributed by atoms with Crippen molar-refractivity contribution in [1.29, 1.82) is 0 Å². The molecule has 2 aromatic heterocycles. The van der Waals surface area contributed by atoms with Crippen LogP contribution in [0.2, 0.25) is 0 Å². The molecule has 0 saturated heterocycles.